The van der Waals surface area contributed by atoms with E-state index in [1.54, 1.807) is 0 Å². The van der Waals surface area contributed by atoms with Gasteiger partial charge >= 0.3 is 0 Å². The van der Waals surface area contributed by atoms with Crippen molar-refractivity contribution in [1.82, 2.24) is 0 Å². The van der Waals surface area contributed by atoms with Gasteiger partial charge in [0, 0.05) is 6.54 Å². The molecule has 0 spiro atoms. The van der Waals surface area contributed by atoms with Crippen molar-refractivity contribution in [3.63, 3.8) is 0 Å². The van der Waals surface area contributed by atoms with Crippen LogP contribution in [0.5, 0.6) is 5.75 Å². The first-order chi connectivity index (χ1) is 9.49. The maximum Gasteiger partial charge on any atom is 0.119 e. The molecule has 2 N–H and O–H groups in total. The van der Waals surface area contributed by atoms with Crippen LogP contribution in [0.4, 0.5) is 0 Å². The Morgan fingerprint density at radius 1 is 0.850 bits per heavy atom. The van der Waals surface area contributed by atoms with Crippen molar-refractivity contribution in [2.75, 3.05) is 0 Å². The lowest BCUT2D eigenvalue weighted by Gasteiger charge is -2.19. The summed E-state index contributed by atoms with van der Waals surface area (Å²) in [7, 11) is 0. The standard InChI is InChI=1S/C18H23NO/c1-18(2,3)16-8-4-15(5-9-16)13-20-17-10-6-14(12-19)7-11-17/h4-11H,12-13,19H2,1-3H3. The van der Waals surface area contributed by atoms with Gasteiger partial charge in [-0.25, -0.2) is 0 Å². The Labute approximate surface area is 121 Å². The zero-order chi connectivity index (χ0) is 14.6. The topological polar surface area (TPSA) is 35.2 Å². The lowest BCUT2D eigenvalue weighted by Crippen LogP contribution is -2.10. The molecule has 2 nitrogen and oxygen atoms in total. The van der Waals surface area contributed by atoms with Crippen LogP contribution in [0.1, 0.15) is 37.5 Å². The molecule has 2 aromatic rings. The Hall–Kier alpha value is -1.80. The Kier molecular flexibility index (Phi) is 4.46. The molecule has 0 aliphatic heterocycles. The van der Waals surface area contributed by atoms with E-state index in [1.807, 2.05) is 24.3 Å². The number of hydrogen-bond donors (Lipinski definition) is 1. The van der Waals surface area contributed by atoms with E-state index in [4.69, 9.17) is 10.5 Å². The van der Waals surface area contributed by atoms with Crippen molar-refractivity contribution in [2.24, 2.45) is 5.73 Å². The number of ether oxygens (including phenoxy) is 1. The molecule has 0 saturated carbocycles. The van der Waals surface area contributed by atoms with E-state index in [9.17, 15) is 0 Å². The highest BCUT2D eigenvalue weighted by atomic mass is 16.5. The molecule has 106 valence electrons. The summed E-state index contributed by atoms with van der Waals surface area (Å²) < 4.78 is 5.78. The highest BCUT2D eigenvalue weighted by molar-refractivity contribution is 5.29. The third-order valence-corrected chi connectivity index (χ3v) is 3.38. The lowest BCUT2D eigenvalue weighted by atomic mass is 9.87. The summed E-state index contributed by atoms with van der Waals surface area (Å²) in [6.45, 7) is 7.81. The average Bonchev–Trinajstić information content (AvgIpc) is 2.45. The van der Waals surface area contributed by atoms with Crippen LogP contribution >= 0.6 is 0 Å². The molecule has 2 heteroatoms. The van der Waals surface area contributed by atoms with E-state index in [1.165, 1.54) is 11.1 Å². The molecule has 2 aromatic carbocycles. The first-order valence-corrected chi connectivity index (χ1v) is 7.00. The van der Waals surface area contributed by atoms with Gasteiger partial charge in [-0.3, -0.25) is 0 Å². The summed E-state index contributed by atoms with van der Waals surface area (Å²) in [4.78, 5) is 0. The molecule has 0 saturated heterocycles. The second-order valence-corrected chi connectivity index (χ2v) is 6.08. The van der Waals surface area contributed by atoms with Crippen LogP contribution < -0.4 is 10.5 Å². The van der Waals surface area contributed by atoms with Gasteiger partial charge in [0.15, 0.2) is 0 Å². The van der Waals surface area contributed by atoms with Gasteiger partial charge < -0.3 is 10.5 Å². The van der Waals surface area contributed by atoms with Gasteiger partial charge in [-0.15, -0.1) is 0 Å². The molecule has 0 fully saturated rings. The van der Waals surface area contributed by atoms with Gasteiger partial charge in [-0.2, -0.15) is 0 Å². The van der Waals surface area contributed by atoms with Crippen molar-refractivity contribution < 1.29 is 4.74 Å². The average molecular weight is 269 g/mol. The zero-order valence-corrected chi connectivity index (χ0v) is 12.5. The van der Waals surface area contributed by atoms with Crippen LogP contribution in [0.15, 0.2) is 48.5 Å². The van der Waals surface area contributed by atoms with Crippen LogP contribution in [-0.4, -0.2) is 0 Å². The Balaban J connectivity index is 1.96. The van der Waals surface area contributed by atoms with Crippen LogP contribution in [-0.2, 0) is 18.6 Å². The van der Waals surface area contributed by atoms with Crippen LogP contribution in [0.2, 0.25) is 0 Å². The number of hydrogen-bond acceptors (Lipinski definition) is 2. The van der Waals surface area contributed by atoms with Crippen molar-refractivity contribution in [3.05, 3.63) is 65.2 Å². The van der Waals surface area contributed by atoms with Crippen molar-refractivity contribution >= 4 is 0 Å². The van der Waals surface area contributed by atoms with E-state index in [0.717, 1.165) is 11.3 Å². The summed E-state index contributed by atoms with van der Waals surface area (Å²) in [6, 6.07) is 16.5. The molecule has 20 heavy (non-hydrogen) atoms. The van der Waals surface area contributed by atoms with Gasteiger partial charge in [-0.1, -0.05) is 57.2 Å². The number of rotatable bonds is 4. The summed E-state index contributed by atoms with van der Waals surface area (Å²) in [5.74, 6) is 0.877. The monoisotopic (exact) mass is 269 g/mol. The molecular weight excluding hydrogens is 246 g/mol. The molecule has 0 heterocycles. The second kappa shape index (κ2) is 6.10. The van der Waals surface area contributed by atoms with Gasteiger partial charge in [0.2, 0.25) is 0 Å². The first-order valence-electron chi connectivity index (χ1n) is 7.00. The molecule has 2 rings (SSSR count). The number of benzene rings is 2. The SMILES string of the molecule is CC(C)(C)c1ccc(COc2ccc(CN)cc2)cc1. The normalized spacial score (nSPS) is 11.4. The fourth-order valence-electron chi connectivity index (χ4n) is 1.99. The highest BCUT2D eigenvalue weighted by Crippen LogP contribution is 2.22. The Morgan fingerprint density at radius 2 is 1.40 bits per heavy atom. The molecule has 0 aromatic heterocycles. The van der Waals surface area contributed by atoms with Crippen LogP contribution in [0, 0.1) is 0 Å². The van der Waals surface area contributed by atoms with Gasteiger partial charge in [-0.05, 0) is 34.2 Å². The van der Waals surface area contributed by atoms with E-state index in [-0.39, 0.29) is 5.41 Å². The first kappa shape index (κ1) is 14.6. The van der Waals surface area contributed by atoms with Gasteiger partial charge in [0.1, 0.15) is 12.4 Å². The minimum absolute atomic E-state index is 0.192. The Bertz CT molecular complexity index is 535. The van der Waals surface area contributed by atoms with Crippen molar-refractivity contribution in [2.45, 2.75) is 39.3 Å². The maximum absolute atomic E-state index is 5.78. The van der Waals surface area contributed by atoms with E-state index >= 15 is 0 Å². The zero-order valence-electron chi connectivity index (χ0n) is 12.5. The van der Waals surface area contributed by atoms with Gasteiger partial charge in [0.05, 0.1) is 0 Å². The fourth-order valence-corrected chi connectivity index (χ4v) is 1.99. The number of nitrogens with two attached hydrogens (primary N) is 1. The third-order valence-electron chi connectivity index (χ3n) is 3.38. The minimum atomic E-state index is 0.192. The summed E-state index contributed by atoms with van der Waals surface area (Å²) in [5, 5.41) is 0. The molecular formula is C18H23NO. The van der Waals surface area contributed by atoms with Crippen LogP contribution in [0.25, 0.3) is 0 Å². The van der Waals surface area contributed by atoms with Gasteiger partial charge in [0.25, 0.3) is 0 Å². The molecule has 0 aliphatic carbocycles. The highest BCUT2D eigenvalue weighted by Gasteiger charge is 2.12. The lowest BCUT2D eigenvalue weighted by molar-refractivity contribution is 0.306. The van der Waals surface area contributed by atoms with Crippen molar-refractivity contribution in [1.29, 1.82) is 0 Å². The fraction of sp³-hybridized carbons (Fsp3) is 0.333. The molecule has 0 aliphatic rings. The summed E-state index contributed by atoms with van der Waals surface area (Å²) in [5.41, 5.74) is 9.41. The Morgan fingerprint density at radius 3 is 1.90 bits per heavy atom. The molecule has 0 bridgehead atoms. The predicted molar refractivity (Wildman–Crippen MR) is 83.8 cm³/mol. The van der Waals surface area contributed by atoms with Crippen molar-refractivity contribution in [3.8, 4) is 5.75 Å². The smallest absolute Gasteiger partial charge is 0.119 e. The maximum atomic E-state index is 5.78. The van der Waals surface area contributed by atoms with E-state index in [2.05, 4.69) is 45.0 Å². The summed E-state index contributed by atoms with van der Waals surface area (Å²) in [6.07, 6.45) is 0. The summed E-state index contributed by atoms with van der Waals surface area (Å²) >= 11 is 0. The molecule has 0 unspecified atom stereocenters. The second-order valence-electron chi connectivity index (χ2n) is 6.08. The predicted octanol–water partition coefficient (Wildman–Crippen LogP) is 4.02. The largest absolute Gasteiger partial charge is 0.489 e. The van der Waals surface area contributed by atoms with E-state index in [0.29, 0.717) is 13.2 Å². The third kappa shape index (κ3) is 3.84. The molecule has 0 atom stereocenters. The van der Waals surface area contributed by atoms with E-state index < -0.39 is 0 Å². The molecule has 0 radical (unpaired) electrons. The van der Waals surface area contributed by atoms with Crippen LogP contribution in [0.3, 0.4) is 0 Å². The minimum Gasteiger partial charge on any atom is -0.489 e. The molecule has 0 amide bonds. The quantitative estimate of drug-likeness (QED) is 0.909.